The molecule has 1 saturated heterocycles. The van der Waals surface area contributed by atoms with Crippen LogP contribution in [0, 0.1) is 23.7 Å². The molecule has 3 rings (SSSR count). The number of esters is 1. The molecule has 31 heavy (non-hydrogen) atoms. The molecule has 2 heterocycles. The highest BCUT2D eigenvalue weighted by Gasteiger charge is 2.24. The van der Waals surface area contributed by atoms with Gasteiger partial charge in [-0.2, -0.15) is 5.26 Å². The van der Waals surface area contributed by atoms with Gasteiger partial charge < -0.3 is 19.6 Å². The van der Waals surface area contributed by atoms with Crippen molar-refractivity contribution in [1.82, 2.24) is 4.90 Å². The molecular formula is C22H25ClN4O3S. The summed E-state index contributed by atoms with van der Waals surface area (Å²) in [6.45, 7) is 6.37. The molecular weight excluding hydrogens is 436 g/mol. The summed E-state index contributed by atoms with van der Waals surface area (Å²) in [4.78, 5) is 17.2. The van der Waals surface area contributed by atoms with Crippen LogP contribution in [0.1, 0.15) is 27.0 Å². The van der Waals surface area contributed by atoms with Gasteiger partial charge in [-0.1, -0.05) is 18.2 Å². The van der Waals surface area contributed by atoms with E-state index >= 15 is 0 Å². The quantitative estimate of drug-likeness (QED) is 0.302. The lowest BCUT2D eigenvalue weighted by Gasteiger charge is -2.37. The van der Waals surface area contributed by atoms with Gasteiger partial charge in [0.05, 0.1) is 17.1 Å². The Kier molecular flexibility index (Phi) is 8.48. The predicted octanol–water partition coefficient (Wildman–Crippen LogP) is 4.07. The standard InChI is InChI=1S/C22H24N4O3S.ClH/c1-3-29-22(28)19-15(2)30-18(20(19)27)13-16(14-23)21(24)26-11-9-25(10-12-26)17-7-5-4-6-8-17;/h4-8,13,24,27H,3,9-12H2,1-2H3;1H/b16-13+,24-21?;. The van der Waals surface area contributed by atoms with E-state index in [9.17, 15) is 15.2 Å². The van der Waals surface area contributed by atoms with Crippen LogP contribution < -0.4 is 4.90 Å². The summed E-state index contributed by atoms with van der Waals surface area (Å²) in [5, 5.41) is 28.6. The molecule has 164 valence electrons. The van der Waals surface area contributed by atoms with E-state index in [-0.39, 0.29) is 41.7 Å². The SMILES string of the molecule is CCOC(=O)c1c(C)sc(/C=C(\C#N)C(=N)N2CCN(c3ccccc3)CC2)c1O.Cl. The Labute approximate surface area is 192 Å². The molecule has 0 atom stereocenters. The van der Waals surface area contributed by atoms with Crippen molar-refractivity contribution >= 4 is 47.3 Å². The number of rotatable bonds is 5. The number of benzene rings is 1. The Morgan fingerprint density at radius 2 is 1.94 bits per heavy atom. The fourth-order valence-electron chi connectivity index (χ4n) is 3.38. The molecule has 0 bridgehead atoms. The average molecular weight is 461 g/mol. The van der Waals surface area contributed by atoms with Crippen LogP contribution >= 0.6 is 23.7 Å². The number of ether oxygens (including phenoxy) is 1. The van der Waals surface area contributed by atoms with Crippen LogP contribution in [0.15, 0.2) is 35.9 Å². The Morgan fingerprint density at radius 3 is 2.52 bits per heavy atom. The summed E-state index contributed by atoms with van der Waals surface area (Å²) in [5.74, 6) is -0.673. The van der Waals surface area contributed by atoms with Crippen molar-refractivity contribution in [2.75, 3.05) is 37.7 Å². The molecule has 0 aliphatic carbocycles. The first-order chi connectivity index (χ1) is 14.5. The van der Waals surface area contributed by atoms with Crippen molar-refractivity contribution in [3.63, 3.8) is 0 Å². The van der Waals surface area contributed by atoms with Crippen LogP contribution in [-0.2, 0) is 4.74 Å². The number of hydrogen-bond acceptors (Lipinski definition) is 7. The molecule has 1 aromatic carbocycles. The first kappa shape index (κ1) is 24.3. The maximum Gasteiger partial charge on any atom is 0.343 e. The van der Waals surface area contributed by atoms with Crippen molar-refractivity contribution < 1.29 is 14.6 Å². The van der Waals surface area contributed by atoms with Gasteiger partial charge in [0.25, 0.3) is 0 Å². The number of carbonyl (C=O) groups is 1. The second kappa shape index (κ2) is 10.8. The van der Waals surface area contributed by atoms with Gasteiger partial charge in [0.1, 0.15) is 23.2 Å². The highest BCUT2D eigenvalue weighted by molar-refractivity contribution is 7.13. The number of nitrogens with one attached hydrogen (secondary N) is 1. The summed E-state index contributed by atoms with van der Waals surface area (Å²) in [6.07, 6.45) is 1.47. The zero-order chi connectivity index (χ0) is 21.7. The van der Waals surface area contributed by atoms with Gasteiger partial charge in [-0.25, -0.2) is 4.79 Å². The first-order valence-electron chi connectivity index (χ1n) is 9.71. The fraction of sp³-hybridized carbons (Fsp3) is 0.318. The minimum absolute atomic E-state index is 0. The molecule has 0 radical (unpaired) electrons. The summed E-state index contributed by atoms with van der Waals surface area (Å²) in [7, 11) is 0. The normalized spacial score (nSPS) is 13.9. The number of nitrogens with zero attached hydrogens (tertiary/aromatic N) is 3. The van der Waals surface area contributed by atoms with Gasteiger partial charge in [-0.3, -0.25) is 5.41 Å². The van der Waals surface area contributed by atoms with E-state index in [1.165, 1.54) is 17.4 Å². The second-order valence-electron chi connectivity index (χ2n) is 6.79. The summed E-state index contributed by atoms with van der Waals surface area (Å²) in [6, 6.07) is 12.2. The molecule has 0 amide bonds. The van der Waals surface area contributed by atoms with Crippen molar-refractivity contribution in [3.05, 3.63) is 51.2 Å². The zero-order valence-electron chi connectivity index (χ0n) is 17.4. The summed E-state index contributed by atoms with van der Waals surface area (Å²) >= 11 is 1.20. The van der Waals surface area contributed by atoms with Gasteiger partial charge >= 0.3 is 5.97 Å². The van der Waals surface area contributed by atoms with Crippen LogP contribution in [0.4, 0.5) is 5.69 Å². The first-order valence-corrected chi connectivity index (χ1v) is 10.5. The smallest absolute Gasteiger partial charge is 0.343 e. The van der Waals surface area contributed by atoms with E-state index in [1.807, 2.05) is 23.1 Å². The molecule has 0 unspecified atom stereocenters. The molecule has 9 heteroatoms. The highest BCUT2D eigenvalue weighted by atomic mass is 35.5. The van der Waals surface area contributed by atoms with Gasteiger partial charge in [0.15, 0.2) is 0 Å². The third-order valence-electron chi connectivity index (χ3n) is 4.93. The van der Waals surface area contributed by atoms with E-state index in [0.29, 0.717) is 22.8 Å². The highest BCUT2D eigenvalue weighted by Crippen LogP contribution is 2.36. The van der Waals surface area contributed by atoms with E-state index in [2.05, 4.69) is 23.1 Å². The predicted molar refractivity (Wildman–Crippen MR) is 125 cm³/mol. The number of thiophene rings is 1. The Hall–Kier alpha value is -3.02. The topological polar surface area (TPSA) is 101 Å². The van der Waals surface area contributed by atoms with E-state index in [0.717, 1.165) is 18.8 Å². The van der Waals surface area contributed by atoms with Crippen LogP contribution in [0.5, 0.6) is 5.75 Å². The number of nitriles is 1. The van der Waals surface area contributed by atoms with Gasteiger partial charge in [0, 0.05) is 36.7 Å². The molecule has 0 saturated carbocycles. The largest absolute Gasteiger partial charge is 0.506 e. The number of amidine groups is 1. The van der Waals surface area contributed by atoms with E-state index in [1.54, 1.807) is 13.8 Å². The molecule has 1 fully saturated rings. The monoisotopic (exact) mass is 460 g/mol. The number of halogens is 1. The number of carbonyl (C=O) groups excluding carboxylic acids is 1. The molecule has 2 N–H and O–H groups in total. The van der Waals surface area contributed by atoms with Crippen LogP contribution in [0.3, 0.4) is 0 Å². The van der Waals surface area contributed by atoms with Gasteiger partial charge in [-0.05, 0) is 32.1 Å². The fourth-order valence-corrected chi connectivity index (χ4v) is 4.37. The Morgan fingerprint density at radius 1 is 1.29 bits per heavy atom. The van der Waals surface area contributed by atoms with Crippen molar-refractivity contribution in [1.29, 1.82) is 10.7 Å². The van der Waals surface area contributed by atoms with E-state index < -0.39 is 5.97 Å². The molecule has 0 spiro atoms. The van der Waals surface area contributed by atoms with Crippen molar-refractivity contribution in [3.8, 4) is 11.8 Å². The van der Waals surface area contributed by atoms with Crippen LogP contribution in [0.2, 0.25) is 0 Å². The Bertz CT molecular complexity index is 1010. The number of aryl methyl sites for hydroxylation is 1. The maximum absolute atomic E-state index is 12.1. The zero-order valence-corrected chi connectivity index (χ0v) is 19.1. The van der Waals surface area contributed by atoms with Crippen LogP contribution in [-0.4, -0.2) is 54.6 Å². The lowest BCUT2D eigenvalue weighted by atomic mass is 10.1. The van der Waals surface area contributed by atoms with Crippen molar-refractivity contribution in [2.24, 2.45) is 0 Å². The van der Waals surface area contributed by atoms with Crippen LogP contribution in [0.25, 0.3) is 6.08 Å². The van der Waals surface area contributed by atoms with Crippen molar-refractivity contribution in [2.45, 2.75) is 13.8 Å². The molecule has 1 aromatic heterocycles. The third-order valence-corrected chi connectivity index (χ3v) is 5.97. The molecule has 1 aliphatic heterocycles. The molecule has 2 aromatic rings. The number of anilines is 1. The molecule has 1 aliphatic rings. The number of para-hydroxylation sites is 1. The van der Waals surface area contributed by atoms with E-state index in [4.69, 9.17) is 10.1 Å². The molecule has 7 nitrogen and oxygen atoms in total. The minimum atomic E-state index is -0.589. The summed E-state index contributed by atoms with van der Waals surface area (Å²) in [5.41, 5.74) is 1.41. The van der Waals surface area contributed by atoms with Gasteiger partial charge in [0.2, 0.25) is 0 Å². The maximum atomic E-state index is 12.1. The second-order valence-corrected chi connectivity index (χ2v) is 8.05. The number of hydrogen-bond donors (Lipinski definition) is 2. The lowest BCUT2D eigenvalue weighted by Crippen LogP contribution is -2.48. The Balaban J connectivity index is 0.00000341. The number of aromatic hydroxyl groups is 1. The minimum Gasteiger partial charge on any atom is -0.506 e. The third kappa shape index (κ3) is 5.37. The van der Waals surface area contributed by atoms with Gasteiger partial charge in [-0.15, -0.1) is 23.7 Å². The summed E-state index contributed by atoms with van der Waals surface area (Å²) < 4.78 is 4.99. The average Bonchev–Trinajstić information content (AvgIpc) is 3.05. The number of piperazine rings is 1. The lowest BCUT2D eigenvalue weighted by molar-refractivity contribution is 0.0523.